The minimum Gasteiger partial charge on any atom is -0.490 e. The first-order valence-electron chi connectivity index (χ1n) is 6.23. The molecule has 0 aliphatic rings. The van der Waals surface area contributed by atoms with E-state index in [1.54, 1.807) is 0 Å². The molecule has 0 aliphatic carbocycles. The Labute approximate surface area is 122 Å². The molecular weight excluding hydrogens is 304 g/mol. The summed E-state index contributed by atoms with van der Waals surface area (Å²) in [5.41, 5.74) is 2.42. The van der Waals surface area contributed by atoms with Crippen LogP contribution in [0.15, 0.2) is 46.9 Å². The van der Waals surface area contributed by atoms with Crippen LogP contribution in [-0.4, -0.2) is 13.2 Å². The van der Waals surface area contributed by atoms with Crippen LogP contribution < -0.4 is 9.47 Å². The van der Waals surface area contributed by atoms with Gasteiger partial charge in [0, 0.05) is 4.47 Å². The van der Waals surface area contributed by atoms with E-state index in [0.29, 0.717) is 13.2 Å². The molecule has 0 amide bonds. The van der Waals surface area contributed by atoms with Gasteiger partial charge in [-0.3, -0.25) is 0 Å². The third-order valence-electron chi connectivity index (χ3n) is 2.61. The van der Waals surface area contributed by atoms with Crippen LogP contribution in [0.4, 0.5) is 0 Å². The van der Waals surface area contributed by atoms with Gasteiger partial charge in [0.25, 0.3) is 0 Å². The number of halogens is 1. The molecule has 0 aliphatic heterocycles. The standard InChI is InChI=1S/C16H17BrO2/c1-12-8-13(2)10-16(9-12)19-7-6-18-15-5-3-4-14(17)11-15/h3-5,8-11H,6-7H2,1-2H3. The maximum atomic E-state index is 5.68. The van der Waals surface area contributed by atoms with Gasteiger partial charge in [0.1, 0.15) is 24.7 Å². The summed E-state index contributed by atoms with van der Waals surface area (Å²) in [5, 5.41) is 0. The molecule has 2 aromatic rings. The molecule has 2 nitrogen and oxygen atoms in total. The second-order valence-electron chi connectivity index (χ2n) is 4.48. The second kappa shape index (κ2) is 6.62. The minimum absolute atomic E-state index is 0.531. The first kappa shape index (κ1) is 13.9. The molecule has 2 aromatic carbocycles. The minimum atomic E-state index is 0.531. The van der Waals surface area contributed by atoms with E-state index in [2.05, 4.69) is 35.8 Å². The van der Waals surface area contributed by atoms with Crippen molar-refractivity contribution in [3.05, 3.63) is 58.1 Å². The fourth-order valence-electron chi connectivity index (χ4n) is 1.89. The molecular formula is C16H17BrO2. The van der Waals surface area contributed by atoms with Gasteiger partial charge in [-0.1, -0.05) is 28.1 Å². The fraction of sp³-hybridized carbons (Fsp3) is 0.250. The van der Waals surface area contributed by atoms with Crippen molar-refractivity contribution in [3.63, 3.8) is 0 Å². The smallest absolute Gasteiger partial charge is 0.122 e. The van der Waals surface area contributed by atoms with Gasteiger partial charge in [-0.05, 0) is 55.3 Å². The van der Waals surface area contributed by atoms with Gasteiger partial charge in [0.05, 0.1) is 0 Å². The molecule has 2 rings (SSSR count). The average molecular weight is 321 g/mol. The van der Waals surface area contributed by atoms with Crippen LogP contribution >= 0.6 is 15.9 Å². The van der Waals surface area contributed by atoms with Gasteiger partial charge >= 0.3 is 0 Å². The van der Waals surface area contributed by atoms with E-state index in [1.165, 1.54) is 11.1 Å². The zero-order valence-electron chi connectivity index (χ0n) is 11.2. The van der Waals surface area contributed by atoms with Gasteiger partial charge in [0.15, 0.2) is 0 Å². The first-order valence-corrected chi connectivity index (χ1v) is 7.02. The zero-order chi connectivity index (χ0) is 13.7. The van der Waals surface area contributed by atoms with E-state index in [-0.39, 0.29) is 0 Å². The zero-order valence-corrected chi connectivity index (χ0v) is 12.7. The van der Waals surface area contributed by atoms with E-state index in [0.717, 1.165) is 16.0 Å². The Balaban J connectivity index is 1.80. The quantitative estimate of drug-likeness (QED) is 0.754. The van der Waals surface area contributed by atoms with Crippen LogP contribution in [0, 0.1) is 13.8 Å². The van der Waals surface area contributed by atoms with Crippen LogP contribution in [0.1, 0.15) is 11.1 Å². The maximum Gasteiger partial charge on any atom is 0.122 e. The largest absolute Gasteiger partial charge is 0.490 e. The van der Waals surface area contributed by atoms with Gasteiger partial charge in [0.2, 0.25) is 0 Å². The second-order valence-corrected chi connectivity index (χ2v) is 5.39. The summed E-state index contributed by atoms with van der Waals surface area (Å²) in [7, 11) is 0. The Kier molecular flexibility index (Phi) is 4.86. The number of ether oxygens (including phenoxy) is 2. The van der Waals surface area contributed by atoms with Crippen molar-refractivity contribution in [1.29, 1.82) is 0 Å². The lowest BCUT2D eigenvalue weighted by molar-refractivity contribution is 0.217. The van der Waals surface area contributed by atoms with Crippen molar-refractivity contribution < 1.29 is 9.47 Å². The van der Waals surface area contributed by atoms with E-state index < -0.39 is 0 Å². The molecule has 0 fully saturated rings. The predicted molar refractivity (Wildman–Crippen MR) is 81.0 cm³/mol. The van der Waals surface area contributed by atoms with Crippen LogP contribution in [0.5, 0.6) is 11.5 Å². The molecule has 3 heteroatoms. The Hall–Kier alpha value is -1.48. The molecule has 0 aromatic heterocycles. The normalized spacial score (nSPS) is 10.3. The van der Waals surface area contributed by atoms with Crippen LogP contribution in [0.2, 0.25) is 0 Å². The first-order chi connectivity index (χ1) is 9.13. The number of hydrogen-bond donors (Lipinski definition) is 0. The summed E-state index contributed by atoms with van der Waals surface area (Å²) in [6, 6.07) is 14.0. The maximum absolute atomic E-state index is 5.68. The van der Waals surface area contributed by atoms with Gasteiger partial charge < -0.3 is 9.47 Å². The third kappa shape index (κ3) is 4.60. The van der Waals surface area contributed by atoms with Crippen molar-refractivity contribution in [1.82, 2.24) is 0 Å². The highest BCUT2D eigenvalue weighted by Gasteiger charge is 1.98. The Bertz CT molecular complexity index is 532. The number of hydrogen-bond acceptors (Lipinski definition) is 2. The number of aryl methyl sites for hydroxylation is 2. The molecule has 0 unspecified atom stereocenters. The van der Waals surface area contributed by atoms with Crippen LogP contribution in [0.3, 0.4) is 0 Å². The molecule has 0 bridgehead atoms. The molecule has 0 radical (unpaired) electrons. The third-order valence-corrected chi connectivity index (χ3v) is 3.11. The molecule has 0 saturated carbocycles. The summed E-state index contributed by atoms with van der Waals surface area (Å²) < 4.78 is 12.3. The Morgan fingerprint density at radius 1 is 0.842 bits per heavy atom. The lowest BCUT2D eigenvalue weighted by atomic mass is 10.1. The summed E-state index contributed by atoms with van der Waals surface area (Å²) >= 11 is 3.41. The topological polar surface area (TPSA) is 18.5 Å². The van der Waals surface area contributed by atoms with E-state index in [4.69, 9.17) is 9.47 Å². The summed E-state index contributed by atoms with van der Waals surface area (Å²) in [4.78, 5) is 0. The van der Waals surface area contributed by atoms with E-state index in [1.807, 2.05) is 36.4 Å². The molecule has 0 N–H and O–H groups in total. The summed E-state index contributed by atoms with van der Waals surface area (Å²) in [6.07, 6.45) is 0. The van der Waals surface area contributed by atoms with Crippen LogP contribution in [0.25, 0.3) is 0 Å². The SMILES string of the molecule is Cc1cc(C)cc(OCCOc2cccc(Br)c2)c1. The number of rotatable bonds is 5. The van der Waals surface area contributed by atoms with Crippen molar-refractivity contribution in [2.45, 2.75) is 13.8 Å². The molecule has 0 atom stereocenters. The molecule has 0 heterocycles. The summed E-state index contributed by atoms with van der Waals surface area (Å²) in [5.74, 6) is 1.74. The van der Waals surface area contributed by atoms with Crippen molar-refractivity contribution in [3.8, 4) is 11.5 Å². The highest BCUT2D eigenvalue weighted by atomic mass is 79.9. The Morgan fingerprint density at radius 2 is 1.47 bits per heavy atom. The summed E-state index contributed by atoms with van der Waals surface area (Å²) in [6.45, 7) is 5.20. The van der Waals surface area contributed by atoms with Crippen molar-refractivity contribution >= 4 is 15.9 Å². The highest BCUT2D eigenvalue weighted by molar-refractivity contribution is 9.10. The Morgan fingerprint density at radius 3 is 2.11 bits per heavy atom. The lowest BCUT2D eigenvalue weighted by Crippen LogP contribution is -2.09. The fourth-order valence-corrected chi connectivity index (χ4v) is 2.27. The van der Waals surface area contributed by atoms with Crippen LogP contribution in [-0.2, 0) is 0 Å². The lowest BCUT2D eigenvalue weighted by Gasteiger charge is -2.10. The van der Waals surface area contributed by atoms with Gasteiger partial charge in [-0.15, -0.1) is 0 Å². The molecule has 19 heavy (non-hydrogen) atoms. The van der Waals surface area contributed by atoms with Gasteiger partial charge in [-0.2, -0.15) is 0 Å². The van der Waals surface area contributed by atoms with Crippen molar-refractivity contribution in [2.75, 3.05) is 13.2 Å². The highest BCUT2D eigenvalue weighted by Crippen LogP contribution is 2.18. The number of benzene rings is 2. The van der Waals surface area contributed by atoms with Crippen molar-refractivity contribution in [2.24, 2.45) is 0 Å². The molecule has 0 spiro atoms. The average Bonchev–Trinajstić information content (AvgIpc) is 2.34. The monoisotopic (exact) mass is 320 g/mol. The predicted octanol–water partition coefficient (Wildman–Crippen LogP) is 4.52. The van der Waals surface area contributed by atoms with E-state index >= 15 is 0 Å². The molecule has 0 saturated heterocycles. The van der Waals surface area contributed by atoms with Gasteiger partial charge in [-0.25, -0.2) is 0 Å². The van der Waals surface area contributed by atoms with E-state index in [9.17, 15) is 0 Å². The molecule has 100 valence electrons.